The first-order valence-electron chi connectivity index (χ1n) is 15.1. The van der Waals surface area contributed by atoms with Gasteiger partial charge < -0.3 is 44.7 Å². The number of ether oxygens (including phenoxy) is 4. The standard InChI is InChI=1S/C30H49N3O11/c1-6-10-41-12-14-43-16-17-44-15-13-42-11-9-24(34)33-18-22(27(35)31-25(29(37)38)20(4)7-2)23(19-33)28(36)32-26(30(39)40)21(5)8-3/h1,20-23,25-26H,7-19H2,2-5H3,(H,31,35)(H,32,36)(H,37,38)(H,39,40)/t20-,21-,22+,23+,25-,26?/m0/s1. The zero-order valence-corrected chi connectivity index (χ0v) is 26.2. The maximum absolute atomic E-state index is 13.3. The van der Waals surface area contributed by atoms with Crippen LogP contribution in [0.25, 0.3) is 0 Å². The van der Waals surface area contributed by atoms with E-state index in [1.54, 1.807) is 27.7 Å². The molecule has 1 aliphatic heterocycles. The van der Waals surface area contributed by atoms with Crippen LogP contribution in [0, 0.1) is 36.0 Å². The molecule has 1 rings (SSSR count). The minimum Gasteiger partial charge on any atom is -0.480 e. The Bertz CT molecular complexity index is 920. The zero-order valence-electron chi connectivity index (χ0n) is 26.2. The van der Waals surface area contributed by atoms with Crippen LogP contribution < -0.4 is 10.6 Å². The number of aliphatic carboxylic acids is 2. The number of likely N-dealkylation sites (tertiary alicyclic amines) is 1. The Morgan fingerprint density at radius 2 is 1.14 bits per heavy atom. The number of hydrogen-bond donors (Lipinski definition) is 4. The summed E-state index contributed by atoms with van der Waals surface area (Å²) in [5.41, 5.74) is 0. The average molecular weight is 628 g/mol. The molecule has 0 aromatic carbocycles. The molecule has 3 amide bonds. The van der Waals surface area contributed by atoms with Gasteiger partial charge in [-0.1, -0.05) is 46.5 Å². The van der Waals surface area contributed by atoms with Gasteiger partial charge >= 0.3 is 11.9 Å². The molecule has 1 heterocycles. The molecular formula is C30H49N3O11. The van der Waals surface area contributed by atoms with E-state index in [9.17, 15) is 34.2 Å². The summed E-state index contributed by atoms with van der Waals surface area (Å²) in [6.07, 6.45) is 6.05. The van der Waals surface area contributed by atoms with Crippen molar-refractivity contribution in [2.75, 3.05) is 65.9 Å². The minimum atomic E-state index is -1.21. The third-order valence-electron chi connectivity index (χ3n) is 7.66. The van der Waals surface area contributed by atoms with E-state index >= 15 is 0 Å². The van der Waals surface area contributed by atoms with Crippen molar-refractivity contribution >= 4 is 29.7 Å². The molecule has 1 aliphatic rings. The summed E-state index contributed by atoms with van der Waals surface area (Å²) in [4.78, 5) is 64.5. The molecule has 1 fully saturated rings. The summed E-state index contributed by atoms with van der Waals surface area (Å²) in [6.45, 7) is 9.14. The number of carbonyl (C=O) groups excluding carboxylic acids is 3. The Labute approximate surface area is 259 Å². The van der Waals surface area contributed by atoms with E-state index < -0.39 is 47.7 Å². The Morgan fingerprint density at radius 1 is 0.750 bits per heavy atom. The SMILES string of the molecule is C#CCOCCOCCOCCOCCC(=O)N1C[C@@H](C(=O)NC(C(=O)O)[C@@H](C)CC)[C@H](C(=O)N[C@H](C(=O)O)[C@@H](C)CC)C1. The molecular weight excluding hydrogens is 578 g/mol. The van der Waals surface area contributed by atoms with Crippen LogP contribution in [0.2, 0.25) is 0 Å². The number of carbonyl (C=O) groups is 5. The normalized spacial score (nSPS) is 18.9. The van der Waals surface area contributed by atoms with E-state index in [1.165, 1.54) is 4.90 Å². The molecule has 250 valence electrons. The van der Waals surface area contributed by atoms with E-state index in [-0.39, 0.29) is 57.1 Å². The van der Waals surface area contributed by atoms with Crippen LogP contribution in [0.4, 0.5) is 0 Å². The largest absolute Gasteiger partial charge is 0.480 e. The van der Waals surface area contributed by atoms with Crippen LogP contribution in [-0.2, 0) is 42.9 Å². The summed E-state index contributed by atoms with van der Waals surface area (Å²) < 4.78 is 21.3. The van der Waals surface area contributed by atoms with Gasteiger partial charge in [-0.05, 0) is 11.8 Å². The van der Waals surface area contributed by atoms with Crippen molar-refractivity contribution < 1.29 is 53.1 Å². The van der Waals surface area contributed by atoms with E-state index in [2.05, 4.69) is 16.6 Å². The van der Waals surface area contributed by atoms with Crippen molar-refractivity contribution in [2.24, 2.45) is 23.7 Å². The molecule has 44 heavy (non-hydrogen) atoms. The zero-order chi connectivity index (χ0) is 33.1. The Balaban J connectivity index is 2.71. The molecule has 1 saturated heterocycles. The lowest BCUT2D eigenvalue weighted by molar-refractivity contribution is -0.146. The minimum absolute atomic E-state index is 0.0152. The van der Waals surface area contributed by atoms with Gasteiger partial charge in [0.25, 0.3) is 0 Å². The van der Waals surface area contributed by atoms with Crippen LogP contribution in [0.3, 0.4) is 0 Å². The van der Waals surface area contributed by atoms with Gasteiger partial charge in [-0.2, -0.15) is 0 Å². The van der Waals surface area contributed by atoms with Gasteiger partial charge in [-0.25, -0.2) is 9.59 Å². The predicted octanol–water partition coefficient (Wildman–Crippen LogP) is 0.382. The average Bonchev–Trinajstić information content (AvgIpc) is 3.45. The number of terminal acetylenes is 1. The molecule has 1 unspecified atom stereocenters. The van der Waals surface area contributed by atoms with E-state index in [1.807, 2.05) is 0 Å². The second kappa shape index (κ2) is 21.5. The van der Waals surface area contributed by atoms with Crippen molar-refractivity contribution in [1.82, 2.24) is 15.5 Å². The number of rotatable bonds is 23. The van der Waals surface area contributed by atoms with E-state index in [0.717, 1.165) is 0 Å². The number of carboxylic acids is 2. The first-order chi connectivity index (χ1) is 21.0. The van der Waals surface area contributed by atoms with Gasteiger partial charge in [0.2, 0.25) is 17.7 Å². The fraction of sp³-hybridized carbons (Fsp3) is 0.767. The van der Waals surface area contributed by atoms with E-state index in [4.69, 9.17) is 25.4 Å². The Hall–Kier alpha value is -3.25. The first kappa shape index (κ1) is 38.8. The van der Waals surface area contributed by atoms with Gasteiger partial charge in [0.1, 0.15) is 18.7 Å². The summed E-state index contributed by atoms with van der Waals surface area (Å²) in [7, 11) is 0. The lowest BCUT2D eigenvalue weighted by Crippen LogP contribution is -2.52. The highest BCUT2D eigenvalue weighted by Crippen LogP contribution is 2.26. The third-order valence-corrected chi connectivity index (χ3v) is 7.66. The summed E-state index contributed by atoms with van der Waals surface area (Å²) >= 11 is 0. The molecule has 14 nitrogen and oxygen atoms in total. The lowest BCUT2D eigenvalue weighted by atomic mass is 9.91. The van der Waals surface area contributed by atoms with E-state index in [0.29, 0.717) is 45.9 Å². The first-order valence-corrected chi connectivity index (χ1v) is 15.1. The molecule has 0 bridgehead atoms. The van der Waals surface area contributed by atoms with Gasteiger partial charge in [-0.15, -0.1) is 6.42 Å². The second-order valence-electron chi connectivity index (χ2n) is 10.8. The molecule has 14 heteroatoms. The van der Waals surface area contributed by atoms with Gasteiger partial charge in [0, 0.05) is 13.1 Å². The van der Waals surface area contributed by atoms with Crippen LogP contribution in [0.15, 0.2) is 0 Å². The highest BCUT2D eigenvalue weighted by Gasteiger charge is 2.45. The van der Waals surface area contributed by atoms with Crippen molar-refractivity contribution in [1.29, 1.82) is 0 Å². The quantitative estimate of drug-likeness (QED) is 0.0905. The molecule has 0 aromatic rings. The second-order valence-corrected chi connectivity index (χ2v) is 10.8. The van der Waals surface area contributed by atoms with Crippen molar-refractivity contribution in [2.45, 2.75) is 59.0 Å². The number of amides is 3. The van der Waals surface area contributed by atoms with Crippen LogP contribution in [0.5, 0.6) is 0 Å². The maximum atomic E-state index is 13.3. The molecule has 0 aliphatic carbocycles. The van der Waals surface area contributed by atoms with Crippen LogP contribution in [0.1, 0.15) is 47.0 Å². The number of carboxylic acid groups (broad SMARTS) is 2. The monoisotopic (exact) mass is 627 g/mol. The summed E-state index contributed by atoms with van der Waals surface area (Å²) in [6, 6.07) is -2.36. The molecule has 4 N–H and O–H groups in total. The van der Waals surface area contributed by atoms with Crippen molar-refractivity contribution in [3.05, 3.63) is 0 Å². The number of nitrogens with zero attached hydrogens (tertiary/aromatic N) is 1. The van der Waals surface area contributed by atoms with Gasteiger partial charge in [0.15, 0.2) is 0 Å². The van der Waals surface area contributed by atoms with Crippen molar-refractivity contribution in [3.63, 3.8) is 0 Å². The highest BCUT2D eigenvalue weighted by molar-refractivity contribution is 5.93. The molecule has 6 atom stereocenters. The number of nitrogens with one attached hydrogen (secondary N) is 2. The van der Waals surface area contributed by atoms with Crippen LogP contribution >= 0.6 is 0 Å². The Morgan fingerprint density at radius 3 is 1.50 bits per heavy atom. The fourth-order valence-corrected chi connectivity index (χ4v) is 4.53. The van der Waals surface area contributed by atoms with Crippen molar-refractivity contribution in [3.8, 4) is 12.3 Å². The topological polar surface area (TPSA) is 190 Å². The Kier molecular flexibility index (Phi) is 18.9. The molecule has 0 radical (unpaired) electrons. The fourth-order valence-electron chi connectivity index (χ4n) is 4.53. The number of hydrogen-bond acceptors (Lipinski definition) is 9. The lowest BCUT2D eigenvalue weighted by Gasteiger charge is -2.25. The molecule has 0 spiro atoms. The molecule has 0 saturated carbocycles. The highest BCUT2D eigenvalue weighted by atomic mass is 16.6. The smallest absolute Gasteiger partial charge is 0.326 e. The van der Waals surface area contributed by atoms with Gasteiger partial charge in [0.05, 0.1) is 64.5 Å². The van der Waals surface area contributed by atoms with Gasteiger partial charge in [-0.3, -0.25) is 14.4 Å². The predicted molar refractivity (Wildman–Crippen MR) is 158 cm³/mol. The third kappa shape index (κ3) is 13.6. The molecule has 0 aromatic heterocycles. The summed E-state index contributed by atoms with van der Waals surface area (Å²) in [5, 5.41) is 24.3. The maximum Gasteiger partial charge on any atom is 0.326 e. The summed E-state index contributed by atoms with van der Waals surface area (Å²) in [5.74, 6) is -4.64. The van der Waals surface area contributed by atoms with Crippen LogP contribution in [-0.4, -0.2) is 123 Å².